The van der Waals surface area contributed by atoms with E-state index in [-0.39, 0.29) is 22.3 Å². The van der Waals surface area contributed by atoms with Crippen molar-refractivity contribution in [2.75, 3.05) is 0 Å². The molecule has 284 valence electrons. The Labute approximate surface area is 336 Å². The predicted octanol–water partition coefficient (Wildman–Crippen LogP) is 7.20. The minimum Gasteiger partial charge on any atom is -0.384 e. The molecule has 0 aliphatic carbocycles. The number of hydrogen-bond donors (Lipinski definition) is 1. The van der Waals surface area contributed by atoms with E-state index in [4.69, 9.17) is 23.2 Å². The minimum atomic E-state index is -1.08. The van der Waals surface area contributed by atoms with E-state index in [1.165, 1.54) is 24.5 Å². The summed E-state index contributed by atoms with van der Waals surface area (Å²) in [5.41, 5.74) is 0.839. The van der Waals surface area contributed by atoms with E-state index in [1.807, 2.05) is 13.8 Å². The highest BCUT2D eigenvalue weighted by Gasteiger charge is 2.23. The van der Waals surface area contributed by atoms with Gasteiger partial charge in [0.05, 0.1) is 10.8 Å². The number of hydrogen-bond acceptors (Lipinski definition) is 8. The lowest BCUT2D eigenvalue weighted by atomic mass is 10.00. The summed E-state index contributed by atoms with van der Waals surface area (Å²) in [5, 5.41) is 12.9. The van der Waals surface area contributed by atoms with Crippen molar-refractivity contribution >= 4 is 83.4 Å². The van der Waals surface area contributed by atoms with Gasteiger partial charge in [-0.05, 0) is 80.6 Å². The summed E-state index contributed by atoms with van der Waals surface area (Å²) >= 11 is 18.2. The molecule has 1 unspecified atom stereocenters. The van der Waals surface area contributed by atoms with Crippen LogP contribution in [0.15, 0.2) is 95.1 Å². The highest BCUT2D eigenvalue weighted by molar-refractivity contribution is 9.10. The molecule has 16 heteroatoms. The first kappa shape index (κ1) is 42.5. The van der Waals surface area contributed by atoms with E-state index >= 15 is 0 Å². The number of aryl methyl sites for hydroxylation is 2. The number of carbonyl (C=O) groups excluding carboxylic acids is 1. The molecule has 0 saturated carbocycles. The molecule has 6 aromatic rings. The van der Waals surface area contributed by atoms with Crippen molar-refractivity contribution in [1.82, 2.24) is 28.2 Å². The number of pyridine rings is 2. The summed E-state index contributed by atoms with van der Waals surface area (Å²) in [5.74, 6) is 0. The standard InChI is InChI=1S/C19H19BrClN3O3.C12H14BrN3O2.C7H5ClO/c1-3-4-9-24-18(26)15-14(16(25)11-5-7-12(21)8-6-11)13(20)10-22-17(15)23(2)19(24)27;1-3-4-5-16-11(17)9-6-8(13)7-14-10(9)15(2)12(16)18;8-7-3-1-6(5-9)2-4-7/h5-8,10,16,25H,3-4,9H2,1-2H3;6-7H,3-5H2,1-2H3;1-5H. The number of aliphatic hydroxyl groups excluding tert-OH is 1. The Bertz CT molecular complexity index is 2520. The predicted molar refractivity (Wildman–Crippen MR) is 220 cm³/mol. The Morgan fingerprint density at radius 2 is 1.26 bits per heavy atom. The van der Waals surface area contributed by atoms with E-state index in [0.29, 0.717) is 61.8 Å². The van der Waals surface area contributed by atoms with E-state index in [0.717, 1.165) is 30.0 Å². The molecule has 0 amide bonds. The molecule has 54 heavy (non-hydrogen) atoms. The molecule has 0 spiro atoms. The summed E-state index contributed by atoms with van der Waals surface area (Å²) in [6.07, 6.45) is 6.08. The van der Waals surface area contributed by atoms with Crippen LogP contribution >= 0.6 is 55.1 Å². The maximum atomic E-state index is 13.1. The smallest absolute Gasteiger partial charge is 0.332 e. The molecule has 0 radical (unpaired) electrons. The first-order chi connectivity index (χ1) is 25.7. The molecule has 6 rings (SSSR count). The van der Waals surface area contributed by atoms with Crippen LogP contribution in [0.3, 0.4) is 0 Å². The molecule has 0 bridgehead atoms. The number of halogens is 4. The third-order valence-electron chi connectivity index (χ3n) is 8.43. The van der Waals surface area contributed by atoms with Crippen molar-refractivity contribution in [3.05, 3.63) is 144 Å². The minimum absolute atomic E-state index is 0.227. The quantitative estimate of drug-likeness (QED) is 0.150. The van der Waals surface area contributed by atoms with E-state index in [1.54, 1.807) is 74.9 Å². The van der Waals surface area contributed by atoms with Crippen molar-refractivity contribution in [2.24, 2.45) is 14.1 Å². The lowest BCUT2D eigenvalue weighted by molar-refractivity contribution is 0.112. The molecule has 4 heterocycles. The molecule has 0 aliphatic rings. The van der Waals surface area contributed by atoms with Gasteiger partial charge in [-0.2, -0.15) is 0 Å². The zero-order valence-electron chi connectivity index (χ0n) is 29.9. The largest absolute Gasteiger partial charge is 0.384 e. The van der Waals surface area contributed by atoms with Crippen LogP contribution in [-0.2, 0) is 27.2 Å². The molecule has 0 aliphatic heterocycles. The van der Waals surface area contributed by atoms with Crippen LogP contribution in [-0.4, -0.2) is 39.6 Å². The zero-order valence-corrected chi connectivity index (χ0v) is 34.6. The highest BCUT2D eigenvalue weighted by atomic mass is 79.9. The van der Waals surface area contributed by atoms with Gasteiger partial charge in [-0.15, -0.1) is 0 Å². The fourth-order valence-electron chi connectivity index (χ4n) is 5.46. The Balaban J connectivity index is 0.000000205. The molecule has 0 saturated heterocycles. The number of fused-ring (bicyclic) bond motifs is 2. The molecular formula is C38H38Br2Cl2N6O6. The second kappa shape index (κ2) is 19.4. The average Bonchev–Trinajstić information content (AvgIpc) is 3.17. The van der Waals surface area contributed by atoms with E-state index in [9.17, 15) is 29.1 Å². The van der Waals surface area contributed by atoms with Crippen LogP contribution in [0, 0.1) is 0 Å². The number of carbonyl (C=O) groups is 1. The van der Waals surface area contributed by atoms with Crippen LogP contribution in [0.25, 0.3) is 22.1 Å². The number of rotatable bonds is 9. The van der Waals surface area contributed by atoms with Gasteiger partial charge in [-0.1, -0.05) is 74.2 Å². The summed E-state index contributed by atoms with van der Waals surface area (Å²) in [7, 11) is 3.21. The molecule has 12 nitrogen and oxygen atoms in total. The second-order valence-corrected chi connectivity index (χ2v) is 14.8. The van der Waals surface area contributed by atoms with Gasteiger partial charge in [0, 0.05) is 69.7 Å². The SMILES string of the molecule is CCCCn1c(=O)c2c(C(O)c3ccc(Cl)cc3)c(Br)cnc2n(C)c1=O.CCCCn1c(=O)c2cc(Br)cnc2n(C)c1=O.O=Cc1ccc(Cl)cc1. The van der Waals surface area contributed by atoms with Gasteiger partial charge in [0.15, 0.2) is 0 Å². The Kier molecular flexibility index (Phi) is 15.3. The van der Waals surface area contributed by atoms with Crippen molar-refractivity contribution in [3.8, 4) is 0 Å². The number of aldehydes is 1. The normalized spacial score (nSPS) is 11.4. The molecular weight excluding hydrogens is 867 g/mol. The first-order valence-corrected chi connectivity index (χ1v) is 19.3. The van der Waals surface area contributed by atoms with Gasteiger partial charge in [-0.25, -0.2) is 19.6 Å². The van der Waals surface area contributed by atoms with Crippen LogP contribution in [0.4, 0.5) is 0 Å². The Morgan fingerprint density at radius 3 is 1.80 bits per heavy atom. The second-order valence-electron chi connectivity index (χ2n) is 12.2. The fourth-order valence-corrected chi connectivity index (χ4v) is 6.56. The van der Waals surface area contributed by atoms with Gasteiger partial charge in [-0.3, -0.25) is 32.7 Å². The lowest BCUT2D eigenvalue weighted by Gasteiger charge is -2.18. The van der Waals surface area contributed by atoms with Crippen molar-refractivity contribution in [1.29, 1.82) is 0 Å². The summed E-state index contributed by atoms with van der Waals surface area (Å²) in [6, 6.07) is 15.2. The first-order valence-electron chi connectivity index (χ1n) is 16.9. The van der Waals surface area contributed by atoms with E-state index < -0.39 is 17.4 Å². The molecule has 1 N–H and O–H groups in total. The van der Waals surface area contributed by atoms with E-state index in [2.05, 4.69) is 41.8 Å². The van der Waals surface area contributed by atoms with Crippen molar-refractivity contribution in [2.45, 2.75) is 58.7 Å². The summed E-state index contributed by atoms with van der Waals surface area (Å²) < 4.78 is 6.47. The van der Waals surface area contributed by atoms with Crippen molar-refractivity contribution < 1.29 is 9.90 Å². The monoisotopic (exact) mass is 902 g/mol. The van der Waals surface area contributed by atoms with Crippen LogP contribution < -0.4 is 22.5 Å². The van der Waals surface area contributed by atoms with Crippen LogP contribution in [0.5, 0.6) is 0 Å². The molecule has 4 aromatic heterocycles. The zero-order chi connectivity index (χ0) is 39.7. The van der Waals surface area contributed by atoms with Gasteiger partial charge in [0.1, 0.15) is 23.7 Å². The van der Waals surface area contributed by atoms with Crippen molar-refractivity contribution in [3.63, 3.8) is 0 Å². The summed E-state index contributed by atoms with van der Waals surface area (Å²) in [6.45, 7) is 4.78. The van der Waals surface area contributed by atoms with Crippen LogP contribution in [0.2, 0.25) is 10.0 Å². The van der Waals surface area contributed by atoms with Crippen LogP contribution in [0.1, 0.15) is 67.1 Å². The van der Waals surface area contributed by atoms with Gasteiger partial charge in [0.25, 0.3) is 11.1 Å². The van der Waals surface area contributed by atoms with Gasteiger partial charge < -0.3 is 5.11 Å². The molecule has 0 fully saturated rings. The number of unbranched alkanes of at least 4 members (excludes halogenated alkanes) is 2. The number of benzene rings is 2. The number of aliphatic hydroxyl groups is 1. The lowest BCUT2D eigenvalue weighted by Crippen LogP contribution is -2.40. The third kappa shape index (κ3) is 9.71. The number of nitrogens with zero attached hydrogens (tertiary/aromatic N) is 6. The molecule has 2 aromatic carbocycles. The Morgan fingerprint density at radius 1 is 0.759 bits per heavy atom. The maximum absolute atomic E-state index is 13.1. The topological polar surface area (TPSA) is 151 Å². The molecule has 1 atom stereocenters. The maximum Gasteiger partial charge on any atom is 0.332 e. The summed E-state index contributed by atoms with van der Waals surface area (Å²) in [4.78, 5) is 68.5. The number of aromatic nitrogens is 6. The average molecular weight is 905 g/mol. The van der Waals surface area contributed by atoms with Gasteiger partial charge in [0.2, 0.25) is 0 Å². The third-order valence-corrected chi connectivity index (χ3v) is 9.99. The Hall–Kier alpha value is -4.21. The highest BCUT2D eigenvalue weighted by Crippen LogP contribution is 2.32. The van der Waals surface area contributed by atoms with Gasteiger partial charge >= 0.3 is 11.4 Å². The fraction of sp³-hybridized carbons (Fsp3) is 0.289.